The van der Waals surface area contributed by atoms with E-state index in [4.69, 9.17) is 58.6 Å². The Labute approximate surface area is 180 Å². The number of amides is 1. The molecule has 0 aliphatic carbocycles. The minimum atomic E-state index is -0.239. The van der Waals surface area contributed by atoms with Gasteiger partial charge in [-0.2, -0.15) is 0 Å². The highest BCUT2D eigenvalue weighted by atomic mass is 35.5. The molecule has 0 saturated carbocycles. The van der Waals surface area contributed by atoms with Gasteiger partial charge in [0.15, 0.2) is 5.11 Å². The Hall–Kier alpha value is -0.890. The molecule has 0 saturated heterocycles. The molecular weight excluding hydrogens is 456 g/mol. The lowest BCUT2D eigenvalue weighted by Crippen LogP contribution is -2.44. The fourth-order valence-electron chi connectivity index (χ4n) is 1.81. The Morgan fingerprint density at radius 1 is 0.962 bits per heavy atom. The summed E-state index contributed by atoms with van der Waals surface area (Å²) in [6.45, 7) is 0. The molecule has 3 N–H and O–H groups in total. The summed E-state index contributed by atoms with van der Waals surface area (Å²) < 4.78 is 0. The van der Waals surface area contributed by atoms with Crippen LogP contribution in [0.3, 0.4) is 0 Å². The largest absolute Gasteiger partial charge is 0.331 e. The Morgan fingerprint density at radius 2 is 1.65 bits per heavy atom. The SMILES string of the molecule is O=C(CSCc1c(Cl)cccc1Cl)NNC(=S)Nc1ccc(Cl)c(Cl)c1. The number of halogens is 4. The maximum atomic E-state index is 11.9. The molecular formula is C16H13Cl4N3OS2. The summed E-state index contributed by atoms with van der Waals surface area (Å²) in [5, 5.41) is 5.11. The number of carbonyl (C=O) groups excluding carboxylic acids is 1. The zero-order valence-corrected chi connectivity index (χ0v) is 17.8. The molecule has 10 heteroatoms. The van der Waals surface area contributed by atoms with Gasteiger partial charge in [0.1, 0.15) is 0 Å². The van der Waals surface area contributed by atoms with E-state index >= 15 is 0 Å². The second kappa shape index (κ2) is 10.4. The third-order valence-corrected chi connectivity index (χ3v) is 5.64. The molecule has 0 unspecified atom stereocenters. The van der Waals surface area contributed by atoms with Crippen molar-refractivity contribution in [3.63, 3.8) is 0 Å². The number of benzene rings is 2. The Balaban J connectivity index is 1.72. The maximum absolute atomic E-state index is 11.9. The van der Waals surface area contributed by atoms with E-state index in [0.717, 1.165) is 5.56 Å². The first kappa shape index (κ1) is 21.4. The molecule has 1 amide bonds. The second-order valence-corrected chi connectivity index (χ2v) is 7.97. The van der Waals surface area contributed by atoms with Crippen LogP contribution in [0.1, 0.15) is 5.56 Å². The van der Waals surface area contributed by atoms with Crippen molar-refractivity contribution >= 4 is 87.1 Å². The van der Waals surface area contributed by atoms with Crippen LogP contribution in [0.4, 0.5) is 5.69 Å². The number of nitrogens with one attached hydrogen (secondary N) is 3. The van der Waals surface area contributed by atoms with Crippen molar-refractivity contribution in [2.45, 2.75) is 5.75 Å². The van der Waals surface area contributed by atoms with E-state index in [1.54, 1.807) is 36.4 Å². The molecule has 26 heavy (non-hydrogen) atoms. The quantitative estimate of drug-likeness (QED) is 0.396. The lowest BCUT2D eigenvalue weighted by Gasteiger charge is -2.12. The molecule has 0 aliphatic heterocycles. The second-order valence-electron chi connectivity index (χ2n) is 4.95. The van der Waals surface area contributed by atoms with Gasteiger partial charge in [-0.15, -0.1) is 11.8 Å². The summed E-state index contributed by atoms with van der Waals surface area (Å²) >= 11 is 30.4. The van der Waals surface area contributed by atoms with Crippen LogP contribution in [0.5, 0.6) is 0 Å². The number of thioether (sulfide) groups is 1. The van der Waals surface area contributed by atoms with Gasteiger partial charge >= 0.3 is 0 Å². The van der Waals surface area contributed by atoms with Crippen LogP contribution in [-0.2, 0) is 10.5 Å². The van der Waals surface area contributed by atoms with Crippen molar-refractivity contribution in [3.05, 3.63) is 62.1 Å². The van der Waals surface area contributed by atoms with Crippen molar-refractivity contribution in [1.29, 1.82) is 0 Å². The standard InChI is InChI=1S/C16H13Cl4N3OS2/c17-11-2-1-3-12(18)10(11)7-26-8-15(24)22-23-16(25)21-9-4-5-13(19)14(20)6-9/h1-6H,7-8H2,(H,22,24)(H2,21,23,25). The fourth-order valence-corrected chi connectivity index (χ4v) is 3.85. The van der Waals surface area contributed by atoms with E-state index in [1.165, 1.54) is 11.8 Å². The molecule has 0 aliphatic rings. The van der Waals surface area contributed by atoms with Crippen LogP contribution in [0.15, 0.2) is 36.4 Å². The maximum Gasteiger partial charge on any atom is 0.248 e. The van der Waals surface area contributed by atoms with Crippen LogP contribution >= 0.6 is 70.4 Å². The highest BCUT2D eigenvalue weighted by Gasteiger charge is 2.08. The number of anilines is 1. The van der Waals surface area contributed by atoms with Crippen molar-refractivity contribution in [1.82, 2.24) is 10.9 Å². The first-order valence-corrected chi connectivity index (χ1v) is 10.3. The van der Waals surface area contributed by atoms with Crippen LogP contribution in [0, 0.1) is 0 Å². The third-order valence-electron chi connectivity index (χ3n) is 3.03. The molecule has 0 bridgehead atoms. The van der Waals surface area contributed by atoms with Crippen LogP contribution in [0.2, 0.25) is 20.1 Å². The van der Waals surface area contributed by atoms with E-state index in [9.17, 15) is 4.79 Å². The van der Waals surface area contributed by atoms with Crippen molar-refractivity contribution in [3.8, 4) is 0 Å². The molecule has 0 spiro atoms. The van der Waals surface area contributed by atoms with Crippen molar-refractivity contribution < 1.29 is 4.79 Å². The lowest BCUT2D eigenvalue weighted by atomic mass is 10.2. The molecule has 0 aromatic heterocycles. The highest BCUT2D eigenvalue weighted by molar-refractivity contribution is 7.99. The molecule has 0 fully saturated rings. The Morgan fingerprint density at radius 3 is 2.31 bits per heavy atom. The summed E-state index contributed by atoms with van der Waals surface area (Å²) in [6, 6.07) is 10.3. The molecule has 2 rings (SSSR count). The summed E-state index contributed by atoms with van der Waals surface area (Å²) in [4.78, 5) is 11.9. The predicted molar refractivity (Wildman–Crippen MR) is 117 cm³/mol. The van der Waals surface area contributed by atoms with Gasteiger partial charge in [0.2, 0.25) is 5.91 Å². The smallest absolute Gasteiger partial charge is 0.248 e. The number of rotatable bonds is 5. The summed E-state index contributed by atoms with van der Waals surface area (Å²) in [6.07, 6.45) is 0. The lowest BCUT2D eigenvalue weighted by molar-refractivity contribution is -0.119. The minimum Gasteiger partial charge on any atom is -0.331 e. The molecule has 138 valence electrons. The van der Waals surface area contributed by atoms with Crippen molar-refractivity contribution in [2.24, 2.45) is 0 Å². The molecule has 0 heterocycles. The van der Waals surface area contributed by atoms with E-state index in [2.05, 4.69) is 16.2 Å². The first-order chi connectivity index (χ1) is 12.4. The van der Waals surface area contributed by atoms with Gasteiger partial charge in [-0.25, -0.2) is 0 Å². The van der Waals surface area contributed by atoms with Gasteiger partial charge in [-0.1, -0.05) is 52.5 Å². The Bertz CT molecular complexity index is 800. The number of carbonyl (C=O) groups is 1. The number of hydrogen-bond acceptors (Lipinski definition) is 3. The fraction of sp³-hybridized carbons (Fsp3) is 0.125. The van der Waals surface area contributed by atoms with Crippen LogP contribution in [-0.4, -0.2) is 16.8 Å². The summed E-state index contributed by atoms with van der Waals surface area (Å²) in [5.41, 5.74) is 6.57. The average molecular weight is 469 g/mol. The number of hydrogen-bond donors (Lipinski definition) is 3. The van der Waals surface area contributed by atoms with E-state index in [-0.39, 0.29) is 16.8 Å². The first-order valence-electron chi connectivity index (χ1n) is 7.18. The van der Waals surface area contributed by atoms with Gasteiger partial charge in [-0.05, 0) is 48.1 Å². The molecule has 0 radical (unpaired) electrons. The van der Waals surface area contributed by atoms with Gasteiger partial charge in [0, 0.05) is 21.5 Å². The zero-order valence-electron chi connectivity index (χ0n) is 13.1. The van der Waals surface area contributed by atoms with E-state index < -0.39 is 0 Å². The van der Waals surface area contributed by atoms with Gasteiger partial charge in [-0.3, -0.25) is 15.6 Å². The van der Waals surface area contributed by atoms with Gasteiger partial charge < -0.3 is 5.32 Å². The summed E-state index contributed by atoms with van der Waals surface area (Å²) in [5.74, 6) is 0.499. The van der Waals surface area contributed by atoms with Crippen LogP contribution in [0.25, 0.3) is 0 Å². The predicted octanol–water partition coefficient (Wildman–Crippen LogP) is 5.55. The minimum absolute atomic E-state index is 0.212. The molecule has 2 aromatic carbocycles. The molecule has 4 nitrogen and oxygen atoms in total. The van der Waals surface area contributed by atoms with Crippen molar-refractivity contribution in [2.75, 3.05) is 11.1 Å². The monoisotopic (exact) mass is 467 g/mol. The third kappa shape index (κ3) is 6.68. The molecule has 2 aromatic rings. The average Bonchev–Trinajstić information content (AvgIpc) is 2.59. The number of hydrazine groups is 1. The van der Waals surface area contributed by atoms with E-state index in [1.807, 2.05) is 0 Å². The van der Waals surface area contributed by atoms with Gasteiger partial charge in [0.05, 0.1) is 15.8 Å². The van der Waals surface area contributed by atoms with Gasteiger partial charge in [0.25, 0.3) is 0 Å². The van der Waals surface area contributed by atoms with Crippen LogP contribution < -0.4 is 16.2 Å². The summed E-state index contributed by atoms with van der Waals surface area (Å²) in [7, 11) is 0. The highest BCUT2D eigenvalue weighted by Crippen LogP contribution is 2.28. The number of thiocarbonyl (C=S) groups is 1. The zero-order chi connectivity index (χ0) is 19.1. The molecule has 0 atom stereocenters. The Kier molecular flexibility index (Phi) is 8.60. The normalized spacial score (nSPS) is 10.3. The topological polar surface area (TPSA) is 53.2 Å². The van der Waals surface area contributed by atoms with E-state index in [0.29, 0.717) is 31.5 Å².